The maximum Gasteiger partial charge on any atom is 0.0700 e. The van der Waals surface area contributed by atoms with Gasteiger partial charge in [-0.25, -0.2) is 0 Å². The minimum atomic E-state index is 0.330. The van der Waals surface area contributed by atoms with Crippen LogP contribution in [-0.2, 0) is 4.74 Å². The molecule has 1 fully saturated rings. The molecule has 1 saturated heterocycles. The first-order chi connectivity index (χ1) is 5.24. The van der Waals surface area contributed by atoms with Gasteiger partial charge in [0.2, 0.25) is 0 Å². The maximum atomic E-state index is 5.54. The third kappa shape index (κ3) is 2.46. The molecule has 0 aliphatic carbocycles. The summed E-state index contributed by atoms with van der Waals surface area (Å²) >= 11 is 0. The van der Waals surface area contributed by atoms with Gasteiger partial charge in [-0.2, -0.15) is 0 Å². The lowest BCUT2D eigenvalue weighted by Gasteiger charge is -2.31. The average Bonchev–Trinajstić information content (AvgIpc) is 2.05. The van der Waals surface area contributed by atoms with Crippen LogP contribution in [0, 0.1) is 11.8 Å². The van der Waals surface area contributed by atoms with E-state index in [9.17, 15) is 0 Å². The molecule has 0 aromatic rings. The Hall–Kier alpha value is -0.0800. The van der Waals surface area contributed by atoms with Crippen LogP contribution in [0.2, 0.25) is 0 Å². The Kier molecular flexibility index (Phi) is 3.34. The van der Waals surface area contributed by atoms with Crippen molar-refractivity contribution < 1.29 is 4.74 Å². The second-order valence-corrected chi connectivity index (χ2v) is 3.76. The van der Waals surface area contributed by atoms with Gasteiger partial charge in [0.1, 0.15) is 0 Å². The summed E-state index contributed by atoms with van der Waals surface area (Å²) in [4.78, 5) is 0. The van der Waals surface area contributed by atoms with Crippen LogP contribution in [0.5, 0.6) is 0 Å². The van der Waals surface area contributed by atoms with E-state index in [2.05, 4.69) is 13.8 Å². The fourth-order valence-electron chi connectivity index (χ4n) is 1.68. The number of nitrogens with two attached hydrogens (primary N) is 1. The molecule has 1 heterocycles. The summed E-state index contributed by atoms with van der Waals surface area (Å²) in [5, 5.41) is 0. The summed E-state index contributed by atoms with van der Waals surface area (Å²) in [5.74, 6) is 1.62. The smallest absolute Gasteiger partial charge is 0.0700 e. The fraction of sp³-hybridized carbons (Fsp3) is 1.00. The summed E-state index contributed by atoms with van der Waals surface area (Å²) < 4.78 is 5.48. The van der Waals surface area contributed by atoms with Crippen LogP contribution in [0.15, 0.2) is 0 Å². The van der Waals surface area contributed by atoms with Crippen molar-refractivity contribution in [2.75, 3.05) is 13.2 Å². The average molecular weight is 157 g/mol. The summed E-state index contributed by atoms with van der Waals surface area (Å²) in [5.41, 5.74) is 5.54. The standard InChI is InChI=1S/C9H19NO/c1-7(2)8-3-4-11-9(5-8)6-10/h7-9H,3-6,10H2,1-2H3. The summed E-state index contributed by atoms with van der Waals surface area (Å²) in [6.07, 6.45) is 2.71. The monoisotopic (exact) mass is 157 g/mol. The van der Waals surface area contributed by atoms with Crippen molar-refractivity contribution in [3.63, 3.8) is 0 Å². The van der Waals surface area contributed by atoms with Gasteiger partial charge in [0.15, 0.2) is 0 Å². The van der Waals surface area contributed by atoms with Crippen molar-refractivity contribution >= 4 is 0 Å². The van der Waals surface area contributed by atoms with Crippen LogP contribution >= 0.6 is 0 Å². The zero-order valence-electron chi connectivity index (χ0n) is 7.55. The first-order valence-corrected chi connectivity index (χ1v) is 4.55. The predicted octanol–water partition coefficient (Wildman–Crippen LogP) is 1.40. The Morgan fingerprint density at radius 3 is 2.82 bits per heavy atom. The van der Waals surface area contributed by atoms with E-state index in [0.29, 0.717) is 12.6 Å². The first kappa shape index (κ1) is 9.01. The van der Waals surface area contributed by atoms with Gasteiger partial charge in [-0.15, -0.1) is 0 Å². The third-order valence-corrected chi connectivity index (χ3v) is 2.61. The Morgan fingerprint density at radius 2 is 2.27 bits per heavy atom. The molecule has 66 valence electrons. The molecule has 0 bridgehead atoms. The molecule has 0 aromatic heterocycles. The number of hydrogen-bond acceptors (Lipinski definition) is 2. The molecule has 2 atom stereocenters. The van der Waals surface area contributed by atoms with Crippen molar-refractivity contribution in [1.29, 1.82) is 0 Å². The topological polar surface area (TPSA) is 35.2 Å². The molecule has 11 heavy (non-hydrogen) atoms. The Morgan fingerprint density at radius 1 is 1.55 bits per heavy atom. The molecular weight excluding hydrogens is 138 g/mol. The van der Waals surface area contributed by atoms with Gasteiger partial charge in [0.25, 0.3) is 0 Å². The maximum absolute atomic E-state index is 5.54. The minimum Gasteiger partial charge on any atom is -0.377 e. The molecule has 0 spiro atoms. The quantitative estimate of drug-likeness (QED) is 0.657. The highest BCUT2D eigenvalue weighted by atomic mass is 16.5. The van der Waals surface area contributed by atoms with Gasteiger partial charge in [0, 0.05) is 13.2 Å². The summed E-state index contributed by atoms with van der Waals surface area (Å²) in [6.45, 7) is 6.15. The van der Waals surface area contributed by atoms with Gasteiger partial charge < -0.3 is 10.5 Å². The molecule has 2 heteroatoms. The predicted molar refractivity (Wildman–Crippen MR) is 46.4 cm³/mol. The lowest BCUT2D eigenvalue weighted by molar-refractivity contribution is -0.0133. The van der Waals surface area contributed by atoms with E-state index in [0.717, 1.165) is 24.9 Å². The van der Waals surface area contributed by atoms with Crippen molar-refractivity contribution in [2.24, 2.45) is 17.6 Å². The largest absolute Gasteiger partial charge is 0.377 e. The zero-order valence-corrected chi connectivity index (χ0v) is 7.55. The van der Waals surface area contributed by atoms with E-state index in [-0.39, 0.29) is 0 Å². The Balaban J connectivity index is 2.33. The molecule has 1 rings (SSSR count). The van der Waals surface area contributed by atoms with Crippen LogP contribution in [-0.4, -0.2) is 19.3 Å². The summed E-state index contributed by atoms with van der Waals surface area (Å²) in [6, 6.07) is 0. The number of rotatable bonds is 2. The normalized spacial score (nSPS) is 32.7. The minimum absolute atomic E-state index is 0.330. The van der Waals surface area contributed by atoms with Gasteiger partial charge in [-0.05, 0) is 24.7 Å². The van der Waals surface area contributed by atoms with Crippen molar-refractivity contribution in [2.45, 2.75) is 32.8 Å². The lowest BCUT2D eigenvalue weighted by atomic mass is 9.86. The van der Waals surface area contributed by atoms with Crippen molar-refractivity contribution in [3.05, 3.63) is 0 Å². The summed E-state index contributed by atoms with van der Waals surface area (Å²) in [7, 11) is 0. The van der Waals surface area contributed by atoms with E-state index in [1.807, 2.05) is 0 Å². The highest BCUT2D eigenvalue weighted by Gasteiger charge is 2.23. The highest BCUT2D eigenvalue weighted by Crippen LogP contribution is 2.26. The van der Waals surface area contributed by atoms with Crippen LogP contribution < -0.4 is 5.73 Å². The van der Waals surface area contributed by atoms with Gasteiger partial charge >= 0.3 is 0 Å². The van der Waals surface area contributed by atoms with Gasteiger partial charge in [0.05, 0.1) is 6.10 Å². The number of ether oxygens (including phenoxy) is 1. The van der Waals surface area contributed by atoms with E-state index < -0.39 is 0 Å². The highest BCUT2D eigenvalue weighted by molar-refractivity contribution is 4.73. The molecule has 0 radical (unpaired) electrons. The van der Waals surface area contributed by atoms with Crippen molar-refractivity contribution in [1.82, 2.24) is 0 Å². The number of hydrogen-bond donors (Lipinski definition) is 1. The van der Waals surface area contributed by atoms with Gasteiger partial charge in [-0.3, -0.25) is 0 Å². The molecule has 0 amide bonds. The second-order valence-electron chi connectivity index (χ2n) is 3.76. The zero-order chi connectivity index (χ0) is 8.27. The fourth-order valence-corrected chi connectivity index (χ4v) is 1.68. The Bertz CT molecular complexity index is 114. The molecule has 0 aromatic carbocycles. The SMILES string of the molecule is CC(C)C1CCOC(CN)C1. The molecule has 1 aliphatic rings. The molecule has 2 N–H and O–H groups in total. The van der Waals surface area contributed by atoms with Crippen LogP contribution in [0.25, 0.3) is 0 Å². The molecule has 0 saturated carbocycles. The first-order valence-electron chi connectivity index (χ1n) is 4.55. The van der Waals surface area contributed by atoms with Crippen LogP contribution in [0.4, 0.5) is 0 Å². The van der Waals surface area contributed by atoms with Gasteiger partial charge in [-0.1, -0.05) is 13.8 Å². The Labute approximate surface area is 69.1 Å². The van der Waals surface area contributed by atoms with Crippen LogP contribution in [0.3, 0.4) is 0 Å². The third-order valence-electron chi connectivity index (χ3n) is 2.61. The van der Waals surface area contributed by atoms with Crippen molar-refractivity contribution in [3.8, 4) is 0 Å². The van der Waals surface area contributed by atoms with E-state index >= 15 is 0 Å². The van der Waals surface area contributed by atoms with E-state index in [1.54, 1.807) is 0 Å². The molecular formula is C9H19NO. The lowest BCUT2D eigenvalue weighted by Crippen LogP contribution is -2.33. The van der Waals surface area contributed by atoms with E-state index in [1.165, 1.54) is 6.42 Å². The second kappa shape index (κ2) is 4.07. The molecule has 2 nitrogen and oxygen atoms in total. The molecule has 1 aliphatic heterocycles. The van der Waals surface area contributed by atoms with Crippen LogP contribution in [0.1, 0.15) is 26.7 Å². The molecule has 2 unspecified atom stereocenters. The van der Waals surface area contributed by atoms with E-state index in [4.69, 9.17) is 10.5 Å².